The Bertz CT molecular complexity index is 736. The van der Waals surface area contributed by atoms with Crippen LogP contribution < -0.4 is 25.1 Å². The molecule has 0 radical (unpaired) electrons. The van der Waals surface area contributed by atoms with Crippen molar-refractivity contribution in [1.82, 2.24) is 15.8 Å². The summed E-state index contributed by atoms with van der Waals surface area (Å²) in [7, 11) is 4.37. The number of carbonyl (C=O) groups excluding carboxylic acids is 3. The molecule has 1 aromatic rings. The van der Waals surface area contributed by atoms with E-state index < -0.39 is 5.91 Å². The lowest BCUT2D eigenvalue weighted by molar-refractivity contribution is -0.133. The Labute approximate surface area is 177 Å². The van der Waals surface area contributed by atoms with Crippen LogP contribution in [0.25, 0.3) is 0 Å². The Kier molecular flexibility index (Phi) is 8.76. The van der Waals surface area contributed by atoms with Crippen LogP contribution in [0.4, 0.5) is 0 Å². The summed E-state index contributed by atoms with van der Waals surface area (Å²) in [5.41, 5.74) is 5.00. The molecule has 1 aromatic carbocycles. The molecule has 0 aromatic heterocycles. The number of hydrogen-bond donors (Lipinski definition) is 2. The summed E-state index contributed by atoms with van der Waals surface area (Å²) in [5.74, 6) is 0.0903. The molecule has 1 heterocycles. The first-order valence-corrected chi connectivity index (χ1v) is 10.1. The van der Waals surface area contributed by atoms with Crippen molar-refractivity contribution in [1.29, 1.82) is 0 Å². The van der Waals surface area contributed by atoms with Gasteiger partial charge in [0.25, 0.3) is 5.91 Å². The summed E-state index contributed by atoms with van der Waals surface area (Å²) in [6.45, 7) is 3.44. The monoisotopic (exact) mass is 421 g/mol. The van der Waals surface area contributed by atoms with Crippen molar-refractivity contribution in [3.63, 3.8) is 0 Å². The first-order chi connectivity index (χ1) is 14.4. The average Bonchev–Trinajstić information content (AvgIpc) is 2.76. The van der Waals surface area contributed by atoms with Crippen LogP contribution in [0.1, 0.15) is 49.4 Å². The van der Waals surface area contributed by atoms with Gasteiger partial charge in [0.2, 0.25) is 17.6 Å². The predicted octanol–water partition coefficient (Wildman–Crippen LogP) is 1.90. The van der Waals surface area contributed by atoms with E-state index >= 15 is 0 Å². The standard InChI is InChI=1S/C21H31N3O6/c1-14(11-19(26)24-8-6-5-7-9-24)10-18(25)22-23-21(27)15-12-16(28-2)20(30-4)17(13-15)29-3/h12-14H,5-11H2,1-4H3,(H,22,25)(H,23,27). The normalized spacial score (nSPS) is 14.5. The van der Waals surface area contributed by atoms with Gasteiger partial charge in [-0.25, -0.2) is 0 Å². The first kappa shape index (κ1) is 23.3. The molecule has 1 aliphatic rings. The number of methoxy groups -OCH3 is 3. The minimum atomic E-state index is -0.528. The number of nitrogens with zero attached hydrogens (tertiary/aromatic N) is 1. The molecule has 0 aliphatic carbocycles. The second-order valence-corrected chi connectivity index (χ2v) is 7.37. The zero-order chi connectivity index (χ0) is 22.1. The van der Waals surface area contributed by atoms with Gasteiger partial charge in [-0.05, 0) is 37.3 Å². The summed E-state index contributed by atoms with van der Waals surface area (Å²) in [4.78, 5) is 38.8. The lowest BCUT2D eigenvalue weighted by atomic mass is 10.0. The van der Waals surface area contributed by atoms with Gasteiger partial charge in [0, 0.05) is 31.5 Å². The lowest BCUT2D eigenvalue weighted by Crippen LogP contribution is -2.42. The fourth-order valence-electron chi connectivity index (χ4n) is 3.42. The Balaban J connectivity index is 1.86. The summed E-state index contributed by atoms with van der Waals surface area (Å²) < 4.78 is 15.7. The third kappa shape index (κ3) is 6.27. The van der Waals surface area contributed by atoms with Gasteiger partial charge >= 0.3 is 0 Å². The minimum absolute atomic E-state index is 0.0801. The van der Waals surface area contributed by atoms with E-state index in [0.29, 0.717) is 23.7 Å². The molecule has 0 spiro atoms. The van der Waals surface area contributed by atoms with Gasteiger partial charge < -0.3 is 19.1 Å². The summed E-state index contributed by atoms with van der Waals surface area (Å²) in [5, 5.41) is 0. The predicted molar refractivity (Wildman–Crippen MR) is 111 cm³/mol. The number of ether oxygens (including phenoxy) is 3. The highest BCUT2D eigenvalue weighted by molar-refractivity contribution is 5.96. The lowest BCUT2D eigenvalue weighted by Gasteiger charge is -2.27. The molecule has 30 heavy (non-hydrogen) atoms. The number of carbonyl (C=O) groups is 3. The number of piperidine rings is 1. The van der Waals surface area contributed by atoms with Crippen LogP contribution in [0.15, 0.2) is 12.1 Å². The van der Waals surface area contributed by atoms with E-state index in [1.807, 2.05) is 11.8 Å². The van der Waals surface area contributed by atoms with E-state index in [1.165, 1.54) is 33.5 Å². The Hall–Kier alpha value is -2.97. The van der Waals surface area contributed by atoms with Crippen LogP contribution in [-0.4, -0.2) is 57.0 Å². The van der Waals surface area contributed by atoms with Crippen LogP contribution in [0.2, 0.25) is 0 Å². The van der Waals surface area contributed by atoms with Crippen molar-refractivity contribution in [3.05, 3.63) is 17.7 Å². The molecule has 0 saturated carbocycles. The highest BCUT2D eigenvalue weighted by Gasteiger charge is 2.21. The molecule has 2 rings (SSSR count). The smallest absolute Gasteiger partial charge is 0.269 e. The molecule has 0 bridgehead atoms. The van der Waals surface area contributed by atoms with Crippen molar-refractivity contribution in [2.24, 2.45) is 5.92 Å². The van der Waals surface area contributed by atoms with Gasteiger partial charge in [-0.3, -0.25) is 25.2 Å². The van der Waals surface area contributed by atoms with Crippen LogP contribution in [0.5, 0.6) is 17.2 Å². The largest absolute Gasteiger partial charge is 0.493 e. The summed E-state index contributed by atoms with van der Waals surface area (Å²) in [6, 6.07) is 2.98. The highest BCUT2D eigenvalue weighted by Crippen LogP contribution is 2.38. The molecule has 1 fully saturated rings. The fourth-order valence-corrected chi connectivity index (χ4v) is 3.42. The summed E-state index contributed by atoms with van der Waals surface area (Å²) in [6.07, 6.45) is 3.68. The molecule has 1 saturated heterocycles. The van der Waals surface area contributed by atoms with Gasteiger partial charge in [0.15, 0.2) is 11.5 Å². The van der Waals surface area contributed by atoms with E-state index in [4.69, 9.17) is 14.2 Å². The number of rotatable bonds is 8. The quantitative estimate of drug-likeness (QED) is 0.621. The number of likely N-dealkylation sites (tertiary alicyclic amines) is 1. The highest BCUT2D eigenvalue weighted by atomic mass is 16.5. The molecular formula is C21H31N3O6. The molecule has 1 atom stereocenters. The van der Waals surface area contributed by atoms with Crippen molar-refractivity contribution in [3.8, 4) is 17.2 Å². The van der Waals surface area contributed by atoms with Crippen LogP contribution in [0.3, 0.4) is 0 Å². The van der Waals surface area contributed by atoms with Gasteiger partial charge in [0.1, 0.15) is 0 Å². The second-order valence-electron chi connectivity index (χ2n) is 7.37. The number of amides is 3. The topological polar surface area (TPSA) is 106 Å². The van der Waals surface area contributed by atoms with Gasteiger partial charge in [-0.15, -0.1) is 0 Å². The van der Waals surface area contributed by atoms with Crippen LogP contribution >= 0.6 is 0 Å². The maximum absolute atomic E-state index is 12.4. The minimum Gasteiger partial charge on any atom is -0.493 e. The Morgan fingerprint density at radius 3 is 2.07 bits per heavy atom. The van der Waals surface area contributed by atoms with Gasteiger partial charge in [0.05, 0.1) is 21.3 Å². The molecule has 2 N–H and O–H groups in total. The Morgan fingerprint density at radius 1 is 0.933 bits per heavy atom. The summed E-state index contributed by atoms with van der Waals surface area (Å²) >= 11 is 0. The number of benzene rings is 1. The average molecular weight is 421 g/mol. The molecule has 3 amide bonds. The van der Waals surface area contributed by atoms with E-state index in [2.05, 4.69) is 10.9 Å². The molecule has 1 unspecified atom stereocenters. The second kappa shape index (κ2) is 11.3. The number of hydrogen-bond acceptors (Lipinski definition) is 6. The molecule has 166 valence electrons. The number of nitrogens with one attached hydrogen (secondary N) is 2. The zero-order valence-electron chi connectivity index (χ0n) is 18.1. The molecule has 9 heteroatoms. The van der Waals surface area contributed by atoms with E-state index in [0.717, 1.165) is 32.4 Å². The van der Waals surface area contributed by atoms with E-state index in [9.17, 15) is 14.4 Å². The van der Waals surface area contributed by atoms with E-state index in [-0.39, 0.29) is 29.7 Å². The van der Waals surface area contributed by atoms with Crippen molar-refractivity contribution >= 4 is 17.7 Å². The maximum atomic E-state index is 12.4. The Morgan fingerprint density at radius 2 is 1.53 bits per heavy atom. The molecule has 1 aliphatic heterocycles. The number of hydrazine groups is 1. The van der Waals surface area contributed by atoms with Crippen LogP contribution in [-0.2, 0) is 9.59 Å². The van der Waals surface area contributed by atoms with E-state index in [1.54, 1.807) is 0 Å². The van der Waals surface area contributed by atoms with Crippen molar-refractivity contribution in [2.75, 3.05) is 34.4 Å². The SMILES string of the molecule is COc1cc(C(=O)NNC(=O)CC(C)CC(=O)N2CCCCC2)cc(OC)c1OC. The third-order valence-corrected chi connectivity index (χ3v) is 5.01. The van der Waals surface area contributed by atoms with Crippen molar-refractivity contribution < 1.29 is 28.6 Å². The third-order valence-electron chi connectivity index (χ3n) is 5.01. The van der Waals surface area contributed by atoms with Gasteiger partial charge in [-0.1, -0.05) is 6.92 Å². The maximum Gasteiger partial charge on any atom is 0.269 e. The molecular weight excluding hydrogens is 390 g/mol. The fraction of sp³-hybridized carbons (Fsp3) is 0.571. The zero-order valence-corrected chi connectivity index (χ0v) is 18.1. The van der Waals surface area contributed by atoms with Gasteiger partial charge in [-0.2, -0.15) is 0 Å². The first-order valence-electron chi connectivity index (χ1n) is 10.1. The van der Waals surface area contributed by atoms with Crippen molar-refractivity contribution in [2.45, 2.75) is 39.0 Å². The molecule has 9 nitrogen and oxygen atoms in total. The van der Waals surface area contributed by atoms with Crippen LogP contribution in [0, 0.1) is 5.92 Å².